The van der Waals surface area contributed by atoms with E-state index in [9.17, 15) is 0 Å². The highest BCUT2D eigenvalue weighted by Crippen LogP contribution is 2.20. The van der Waals surface area contributed by atoms with Gasteiger partial charge in [0.25, 0.3) is 0 Å². The molecule has 17 heavy (non-hydrogen) atoms. The number of hydrogen-bond acceptors (Lipinski definition) is 4. The summed E-state index contributed by atoms with van der Waals surface area (Å²) in [5.41, 5.74) is 1.15. The van der Waals surface area contributed by atoms with Gasteiger partial charge >= 0.3 is 0 Å². The molecule has 0 aromatic carbocycles. The number of nitrogens with zero attached hydrogens (tertiary/aromatic N) is 4. The van der Waals surface area contributed by atoms with Crippen LogP contribution in [0.4, 0.5) is 5.82 Å². The van der Waals surface area contributed by atoms with Crippen LogP contribution >= 0.6 is 0 Å². The summed E-state index contributed by atoms with van der Waals surface area (Å²) in [7, 11) is 0. The Morgan fingerprint density at radius 1 is 1.29 bits per heavy atom. The molecule has 2 aromatic heterocycles. The van der Waals surface area contributed by atoms with E-state index in [4.69, 9.17) is 0 Å². The van der Waals surface area contributed by atoms with Gasteiger partial charge in [0.05, 0.1) is 0 Å². The fourth-order valence-electron chi connectivity index (χ4n) is 1.81. The zero-order valence-electron chi connectivity index (χ0n) is 10.2. The van der Waals surface area contributed by atoms with E-state index in [0.717, 1.165) is 36.6 Å². The Kier molecular flexibility index (Phi) is 3.69. The van der Waals surface area contributed by atoms with E-state index in [2.05, 4.69) is 34.1 Å². The molecule has 0 amide bonds. The second kappa shape index (κ2) is 5.43. The summed E-state index contributed by atoms with van der Waals surface area (Å²) in [6.45, 7) is 5.08. The van der Waals surface area contributed by atoms with Crippen molar-refractivity contribution in [3.8, 4) is 5.82 Å². The van der Waals surface area contributed by atoms with Crippen LogP contribution in [-0.4, -0.2) is 26.1 Å². The third-order valence-electron chi connectivity index (χ3n) is 2.52. The summed E-state index contributed by atoms with van der Waals surface area (Å²) < 4.78 is 1.92. The Balaban J connectivity index is 2.46. The molecule has 5 nitrogen and oxygen atoms in total. The normalized spacial score (nSPS) is 10.5. The lowest BCUT2D eigenvalue weighted by Gasteiger charge is -2.13. The van der Waals surface area contributed by atoms with Crippen molar-refractivity contribution in [2.24, 2.45) is 0 Å². The molecular weight excluding hydrogens is 214 g/mol. The van der Waals surface area contributed by atoms with Gasteiger partial charge in [0, 0.05) is 24.5 Å². The standard InChI is InChI=1S/C12H17N5/c1-3-5-10-11(14-4-2)15-8-16-12(10)17-7-6-13-9-17/h6-9H,3-5H2,1-2H3,(H,14,15,16). The summed E-state index contributed by atoms with van der Waals surface area (Å²) >= 11 is 0. The second-order valence-electron chi connectivity index (χ2n) is 3.77. The van der Waals surface area contributed by atoms with E-state index in [-0.39, 0.29) is 0 Å². The number of rotatable bonds is 5. The van der Waals surface area contributed by atoms with Crippen molar-refractivity contribution in [1.82, 2.24) is 19.5 Å². The molecule has 0 atom stereocenters. The molecule has 0 spiro atoms. The zero-order valence-corrected chi connectivity index (χ0v) is 10.2. The van der Waals surface area contributed by atoms with Crippen LogP contribution in [0.1, 0.15) is 25.8 Å². The molecule has 2 aromatic rings. The number of imidazole rings is 1. The van der Waals surface area contributed by atoms with E-state index < -0.39 is 0 Å². The lowest BCUT2D eigenvalue weighted by atomic mass is 10.1. The van der Waals surface area contributed by atoms with Gasteiger partial charge in [-0.05, 0) is 13.3 Å². The van der Waals surface area contributed by atoms with Gasteiger partial charge in [0.2, 0.25) is 0 Å². The van der Waals surface area contributed by atoms with E-state index >= 15 is 0 Å². The maximum absolute atomic E-state index is 4.35. The van der Waals surface area contributed by atoms with Crippen molar-refractivity contribution in [2.75, 3.05) is 11.9 Å². The van der Waals surface area contributed by atoms with Crippen molar-refractivity contribution in [2.45, 2.75) is 26.7 Å². The van der Waals surface area contributed by atoms with Crippen molar-refractivity contribution >= 4 is 5.82 Å². The largest absolute Gasteiger partial charge is 0.370 e. The van der Waals surface area contributed by atoms with Crippen molar-refractivity contribution in [1.29, 1.82) is 0 Å². The van der Waals surface area contributed by atoms with Crippen molar-refractivity contribution < 1.29 is 0 Å². The summed E-state index contributed by atoms with van der Waals surface area (Å²) in [6, 6.07) is 0. The molecule has 0 aliphatic carbocycles. The number of nitrogens with one attached hydrogen (secondary N) is 1. The van der Waals surface area contributed by atoms with Gasteiger partial charge in [-0.1, -0.05) is 13.3 Å². The molecule has 0 aliphatic heterocycles. The maximum atomic E-state index is 4.35. The molecule has 0 bridgehead atoms. The predicted octanol–water partition coefficient (Wildman–Crippen LogP) is 2.05. The van der Waals surface area contributed by atoms with Gasteiger partial charge in [0.15, 0.2) is 0 Å². The number of hydrogen-bond donors (Lipinski definition) is 1. The highest BCUT2D eigenvalue weighted by molar-refractivity contribution is 5.51. The van der Waals surface area contributed by atoms with Crippen LogP contribution in [0.15, 0.2) is 25.0 Å². The maximum Gasteiger partial charge on any atom is 0.146 e. The lowest BCUT2D eigenvalue weighted by molar-refractivity contribution is 0.859. The molecule has 2 rings (SSSR count). The molecule has 0 aliphatic rings. The van der Waals surface area contributed by atoms with Crippen LogP contribution in [0.5, 0.6) is 0 Å². The minimum Gasteiger partial charge on any atom is -0.370 e. The smallest absolute Gasteiger partial charge is 0.146 e. The van der Waals surface area contributed by atoms with E-state index in [0.29, 0.717) is 0 Å². The van der Waals surface area contributed by atoms with Gasteiger partial charge in [-0.15, -0.1) is 0 Å². The molecule has 90 valence electrons. The van der Waals surface area contributed by atoms with E-state index in [1.165, 1.54) is 0 Å². The lowest BCUT2D eigenvalue weighted by Crippen LogP contribution is -2.09. The summed E-state index contributed by atoms with van der Waals surface area (Å²) in [6.07, 6.45) is 9.02. The quantitative estimate of drug-likeness (QED) is 0.855. The minimum absolute atomic E-state index is 0.858. The fourth-order valence-corrected chi connectivity index (χ4v) is 1.81. The molecule has 2 heterocycles. The van der Waals surface area contributed by atoms with Crippen LogP contribution in [0.2, 0.25) is 0 Å². The summed E-state index contributed by atoms with van der Waals surface area (Å²) in [5.74, 6) is 1.84. The Morgan fingerprint density at radius 3 is 2.82 bits per heavy atom. The highest BCUT2D eigenvalue weighted by Gasteiger charge is 2.11. The van der Waals surface area contributed by atoms with Gasteiger partial charge in [-0.3, -0.25) is 4.57 Å². The highest BCUT2D eigenvalue weighted by atomic mass is 15.1. The Labute approximate surface area is 101 Å². The zero-order chi connectivity index (χ0) is 12.1. The number of anilines is 1. The minimum atomic E-state index is 0.858. The summed E-state index contributed by atoms with van der Waals surface area (Å²) in [5, 5.41) is 3.28. The van der Waals surface area contributed by atoms with Crippen LogP contribution in [-0.2, 0) is 6.42 Å². The van der Waals surface area contributed by atoms with Crippen molar-refractivity contribution in [3.63, 3.8) is 0 Å². The first-order chi connectivity index (χ1) is 8.36. The molecule has 1 N–H and O–H groups in total. The molecule has 5 heteroatoms. The van der Waals surface area contributed by atoms with Gasteiger partial charge in [0.1, 0.15) is 24.3 Å². The van der Waals surface area contributed by atoms with E-state index in [1.807, 2.05) is 10.8 Å². The Hall–Kier alpha value is -1.91. The van der Waals surface area contributed by atoms with Crippen LogP contribution in [0, 0.1) is 0 Å². The topological polar surface area (TPSA) is 55.6 Å². The summed E-state index contributed by atoms with van der Waals surface area (Å²) in [4.78, 5) is 12.7. The predicted molar refractivity (Wildman–Crippen MR) is 67.3 cm³/mol. The van der Waals surface area contributed by atoms with Crippen molar-refractivity contribution in [3.05, 3.63) is 30.6 Å². The number of aromatic nitrogens is 4. The molecule has 0 radical (unpaired) electrons. The second-order valence-corrected chi connectivity index (χ2v) is 3.77. The molecular formula is C12H17N5. The first-order valence-corrected chi connectivity index (χ1v) is 5.92. The average molecular weight is 231 g/mol. The van der Waals surface area contributed by atoms with Gasteiger partial charge in [-0.25, -0.2) is 15.0 Å². The molecule has 0 fully saturated rings. The van der Waals surface area contributed by atoms with Crippen LogP contribution < -0.4 is 5.32 Å². The first kappa shape index (κ1) is 11.6. The molecule has 0 saturated carbocycles. The van der Waals surface area contributed by atoms with Crippen LogP contribution in [0.3, 0.4) is 0 Å². The third-order valence-corrected chi connectivity index (χ3v) is 2.52. The first-order valence-electron chi connectivity index (χ1n) is 5.92. The monoisotopic (exact) mass is 231 g/mol. The van der Waals surface area contributed by atoms with Crippen LogP contribution in [0.25, 0.3) is 5.82 Å². The molecule has 0 saturated heterocycles. The third kappa shape index (κ3) is 2.43. The van der Waals surface area contributed by atoms with Gasteiger partial charge in [-0.2, -0.15) is 0 Å². The average Bonchev–Trinajstić information content (AvgIpc) is 2.85. The SMILES string of the molecule is CCCc1c(NCC)ncnc1-n1ccnc1. The Morgan fingerprint density at radius 2 is 2.18 bits per heavy atom. The van der Waals surface area contributed by atoms with E-state index in [1.54, 1.807) is 18.9 Å². The fraction of sp³-hybridized carbons (Fsp3) is 0.417. The molecule has 0 unspecified atom stereocenters. The Bertz CT molecular complexity index is 464. The van der Waals surface area contributed by atoms with Gasteiger partial charge < -0.3 is 5.32 Å².